The van der Waals surface area contributed by atoms with E-state index in [0.29, 0.717) is 36.3 Å². The molecule has 1 saturated carbocycles. The maximum Gasteiger partial charge on any atom is 0.264 e. The first kappa shape index (κ1) is 17.5. The van der Waals surface area contributed by atoms with E-state index in [2.05, 4.69) is 26.9 Å². The minimum atomic E-state index is -3.65. The first-order valence-electron chi connectivity index (χ1n) is 8.26. The molecule has 0 spiro atoms. The number of nitrogens with one attached hydrogen (secondary N) is 2. The average Bonchev–Trinajstić information content (AvgIpc) is 2.56. The first-order valence-corrected chi connectivity index (χ1v) is 10.1. The zero-order chi connectivity index (χ0) is 17.2. The Morgan fingerprint density at radius 1 is 1.25 bits per heavy atom. The highest BCUT2D eigenvalue weighted by atomic mass is 35.5. The number of hydrogen-bond donors (Lipinski definition) is 2. The van der Waals surface area contributed by atoms with Crippen LogP contribution in [0.1, 0.15) is 32.6 Å². The number of nitrogens with zero attached hydrogens (tertiary/aromatic N) is 2. The molecule has 132 valence electrons. The molecule has 1 aliphatic heterocycles. The molecule has 2 N–H and O–H groups in total. The van der Waals surface area contributed by atoms with Crippen LogP contribution >= 0.6 is 11.6 Å². The molecule has 0 saturated heterocycles. The van der Waals surface area contributed by atoms with Crippen LogP contribution in [0.2, 0.25) is 5.02 Å². The van der Waals surface area contributed by atoms with E-state index in [-0.39, 0.29) is 4.90 Å². The lowest BCUT2D eigenvalue weighted by Crippen LogP contribution is -2.54. The van der Waals surface area contributed by atoms with Crippen molar-refractivity contribution in [2.45, 2.75) is 43.5 Å². The molecule has 2 aliphatic rings. The third-order valence-electron chi connectivity index (χ3n) is 4.75. The van der Waals surface area contributed by atoms with Gasteiger partial charge in [-0.3, -0.25) is 4.90 Å². The maximum atomic E-state index is 12.4. The van der Waals surface area contributed by atoms with Crippen LogP contribution in [0.3, 0.4) is 0 Å². The van der Waals surface area contributed by atoms with Gasteiger partial charge in [-0.1, -0.05) is 31.4 Å². The van der Waals surface area contributed by atoms with Crippen LogP contribution in [0.5, 0.6) is 0 Å². The molecule has 3 rings (SSSR count). The second-order valence-electron chi connectivity index (χ2n) is 6.46. The standard InChI is InChI=1S/C16H23ClN4O2S/c1-12-4-2-3-5-15(12)21-10-18-16(19-11-21)20-24(22,23)14-8-6-13(17)7-9-14/h6-9,12,15H,2-5,10-11H2,1H3,(H2,18,19,20). The van der Waals surface area contributed by atoms with Crippen molar-refractivity contribution in [2.75, 3.05) is 13.3 Å². The van der Waals surface area contributed by atoms with E-state index in [4.69, 9.17) is 11.6 Å². The van der Waals surface area contributed by atoms with E-state index in [1.807, 2.05) is 0 Å². The molecule has 1 aromatic rings. The molecule has 6 nitrogen and oxygen atoms in total. The highest BCUT2D eigenvalue weighted by molar-refractivity contribution is 7.90. The van der Waals surface area contributed by atoms with Gasteiger partial charge in [-0.25, -0.2) is 18.1 Å². The van der Waals surface area contributed by atoms with Gasteiger partial charge < -0.3 is 5.32 Å². The van der Waals surface area contributed by atoms with Crippen LogP contribution in [0.4, 0.5) is 0 Å². The maximum absolute atomic E-state index is 12.4. The summed E-state index contributed by atoms with van der Waals surface area (Å²) in [7, 11) is -3.65. The van der Waals surface area contributed by atoms with Crippen molar-refractivity contribution in [2.24, 2.45) is 10.9 Å². The van der Waals surface area contributed by atoms with Crippen LogP contribution in [0.25, 0.3) is 0 Å². The fraction of sp³-hybridized carbons (Fsp3) is 0.562. The van der Waals surface area contributed by atoms with E-state index < -0.39 is 10.0 Å². The van der Waals surface area contributed by atoms with Crippen LogP contribution < -0.4 is 10.0 Å². The number of halogens is 1. The molecule has 0 bridgehead atoms. The number of rotatable bonds is 3. The van der Waals surface area contributed by atoms with Gasteiger partial charge in [-0.05, 0) is 43.0 Å². The van der Waals surface area contributed by atoms with Crippen molar-refractivity contribution in [3.05, 3.63) is 29.3 Å². The summed E-state index contributed by atoms with van der Waals surface area (Å²) >= 11 is 5.80. The summed E-state index contributed by atoms with van der Waals surface area (Å²) in [6, 6.07) is 6.58. The topological polar surface area (TPSA) is 73.8 Å². The Bertz CT molecular complexity index is 705. The zero-order valence-electron chi connectivity index (χ0n) is 13.7. The van der Waals surface area contributed by atoms with Crippen molar-refractivity contribution < 1.29 is 8.42 Å². The van der Waals surface area contributed by atoms with Gasteiger partial charge in [0.15, 0.2) is 0 Å². The molecule has 1 aliphatic carbocycles. The molecule has 2 unspecified atom stereocenters. The average molecular weight is 371 g/mol. The van der Waals surface area contributed by atoms with Crippen molar-refractivity contribution in [3.63, 3.8) is 0 Å². The summed E-state index contributed by atoms with van der Waals surface area (Å²) in [6.07, 6.45) is 4.99. The highest BCUT2D eigenvalue weighted by Gasteiger charge is 2.29. The number of aliphatic imine (C=N–C) groups is 1. The SMILES string of the molecule is CC1CCCCC1N1CN=C(NS(=O)(=O)c2ccc(Cl)cc2)NC1. The molecule has 1 aromatic carbocycles. The van der Waals surface area contributed by atoms with E-state index in [0.717, 1.165) is 0 Å². The van der Waals surface area contributed by atoms with Gasteiger partial charge in [-0.2, -0.15) is 0 Å². The Kier molecular flexibility index (Phi) is 5.32. The van der Waals surface area contributed by atoms with Crippen LogP contribution in [0.15, 0.2) is 34.2 Å². The van der Waals surface area contributed by atoms with Crippen molar-refractivity contribution in [3.8, 4) is 0 Å². The van der Waals surface area contributed by atoms with Crippen LogP contribution in [0, 0.1) is 5.92 Å². The monoisotopic (exact) mass is 370 g/mol. The minimum absolute atomic E-state index is 0.166. The van der Waals surface area contributed by atoms with Crippen molar-refractivity contribution in [1.82, 2.24) is 14.9 Å². The Labute approximate surface area is 148 Å². The minimum Gasteiger partial charge on any atom is -0.343 e. The summed E-state index contributed by atoms with van der Waals surface area (Å²) in [6.45, 7) is 3.41. The van der Waals surface area contributed by atoms with Gasteiger partial charge in [0.25, 0.3) is 10.0 Å². The second-order valence-corrected chi connectivity index (χ2v) is 8.58. The lowest BCUT2D eigenvalue weighted by Gasteiger charge is -2.39. The number of hydrogen-bond acceptors (Lipinski definition) is 5. The first-order chi connectivity index (χ1) is 11.5. The van der Waals surface area contributed by atoms with Gasteiger partial charge in [0, 0.05) is 11.1 Å². The Morgan fingerprint density at radius 2 is 1.96 bits per heavy atom. The summed E-state index contributed by atoms with van der Waals surface area (Å²) < 4.78 is 27.2. The predicted octanol–water partition coefficient (Wildman–Crippen LogP) is 2.37. The third kappa shape index (κ3) is 4.02. The van der Waals surface area contributed by atoms with Gasteiger partial charge >= 0.3 is 0 Å². The molecule has 24 heavy (non-hydrogen) atoms. The fourth-order valence-corrected chi connectivity index (χ4v) is 4.50. The van der Waals surface area contributed by atoms with E-state index in [9.17, 15) is 8.42 Å². The predicted molar refractivity (Wildman–Crippen MR) is 95.3 cm³/mol. The third-order valence-corrected chi connectivity index (χ3v) is 6.36. The lowest BCUT2D eigenvalue weighted by atomic mass is 9.85. The van der Waals surface area contributed by atoms with Gasteiger partial charge in [0.2, 0.25) is 5.96 Å². The normalized spacial score (nSPS) is 25.7. The van der Waals surface area contributed by atoms with Gasteiger partial charge in [0.05, 0.1) is 18.2 Å². The second kappa shape index (κ2) is 7.29. The molecule has 1 heterocycles. The van der Waals surface area contributed by atoms with E-state index in [1.165, 1.54) is 37.8 Å². The molecule has 2 atom stereocenters. The number of benzene rings is 1. The summed E-state index contributed by atoms with van der Waals surface area (Å²) in [5, 5.41) is 3.58. The Morgan fingerprint density at radius 3 is 2.58 bits per heavy atom. The molecular formula is C16H23ClN4O2S. The Hall–Kier alpha value is -1.31. The fourth-order valence-electron chi connectivity index (χ4n) is 3.37. The summed E-state index contributed by atoms with van der Waals surface area (Å²) in [4.78, 5) is 6.81. The largest absolute Gasteiger partial charge is 0.343 e. The van der Waals surface area contributed by atoms with Crippen molar-refractivity contribution in [1.29, 1.82) is 0 Å². The van der Waals surface area contributed by atoms with Gasteiger partial charge in [-0.15, -0.1) is 0 Å². The Balaban J connectivity index is 1.63. The smallest absolute Gasteiger partial charge is 0.264 e. The molecule has 1 fully saturated rings. The summed E-state index contributed by atoms with van der Waals surface area (Å²) in [5.74, 6) is 0.952. The summed E-state index contributed by atoms with van der Waals surface area (Å²) in [5.41, 5.74) is 0. The van der Waals surface area contributed by atoms with Crippen molar-refractivity contribution >= 4 is 27.6 Å². The molecular weight excluding hydrogens is 348 g/mol. The van der Waals surface area contributed by atoms with Gasteiger partial charge in [0.1, 0.15) is 0 Å². The molecule has 0 aromatic heterocycles. The highest BCUT2D eigenvalue weighted by Crippen LogP contribution is 2.28. The van der Waals surface area contributed by atoms with Crippen LogP contribution in [-0.4, -0.2) is 38.7 Å². The number of guanidine groups is 1. The molecule has 0 amide bonds. The zero-order valence-corrected chi connectivity index (χ0v) is 15.3. The molecule has 8 heteroatoms. The van der Waals surface area contributed by atoms with E-state index >= 15 is 0 Å². The van der Waals surface area contributed by atoms with Crippen LogP contribution in [-0.2, 0) is 10.0 Å². The number of sulfonamides is 1. The molecule has 0 radical (unpaired) electrons. The quantitative estimate of drug-likeness (QED) is 0.856. The van der Waals surface area contributed by atoms with E-state index in [1.54, 1.807) is 12.1 Å². The lowest BCUT2D eigenvalue weighted by molar-refractivity contribution is 0.106.